The molecule has 184 valence electrons. The summed E-state index contributed by atoms with van der Waals surface area (Å²) in [5.74, 6) is -0.318. The number of benzene rings is 4. The Balaban J connectivity index is 1.77. The molecule has 0 saturated heterocycles. The molecule has 1 aromatic heterocycles. The van der Waals surface area contributed by atoms with Crippen LogP contribution in [0.15, 0.2) is 102 Å². The molecule has 10 heteroatoms. The molecule has 0 aliphatic rings. The maximum atomic E-state index is 14.3. The van der Waals surface area contributed by atoms with Crippen molar-refractivity contribution in [3.05, 3.63) is 113 Å². The molecule has 0 saturated carbocycles. The van der Waals surface area contributed by atoms with Crippen LogP contribution in [0.2, 0.25) is 0 Å². The standard InChI is InChI=1S/C27H19N3O6S/c1-36-20-14-10-18(11-15-20)29(37(34,35)21-16-12-19(13-17-21)30(32)33)27(31)26-22-6-2-4-8-24(22)28-25-9-5-3-7-23(25)26/h2-17H,1H3. The van der Waals surface area contributed by atoms with Crippen LogP contribution in [-0.4, -0.2) is 31.3 Å². The zero-order valence-electron chi connectivity index (χ0n) is 19.4. The first-order chi connectivity index (χ1) is 17.8. The summed E-state index contributed by atoms with van der Waals surface area (Å²) in [5, 5.41) is 12.1. The molecule has 0 unspecified atom stereocenters. The summed E-state index contributed by atoms with van der Waals surface area (Å²) in [4.78, 5) is 29.1. The number of non-ortho nitro benzene ring substituents is 1. The number of hydrogen-bond donors (Lipinski definition) is 0. The monoisotopic (exact) mass is 513 g/mol. The summed E-state index contributed by atoms with van der Waals surface area (Å²) in [6, 6.07) is 24.4. The number of fused-ring (bicyclic) bond motifs is 2. The van der Waals surface area contributed by atoms with Crippen LogP contribution >= 0.6 is 0 Å². The highest BCUT2D eigenvalue weighted by Crippen LogP contribution is 2.33. The minimum absolute atomic E-state index is 0.0779. The third kappa shape index (κ3) is 4.23. The summed E-state index contributed by atoms with van der Waals surface area (Å²) < 4.78 is 33.8. The van der Waals surface area contributed by atoms with Crippen molar-refractivity contribution < 1.29 is 22.9 Å². The summed E-state index contributed by atoms with van der Waals surface area (Å²) in [6.45, 7) is 0. The summed E-state index contributed by atoms with van der Waals surface area (Å²) in [6.07, 6.45) is 0. The zero-order chi connectivity index (χ0) is 26.2. The van der Waals surface area contributed by atoms with Gasteiger partial charge in [0, 0.05) is 22.9 Å². The maximum Gasteiger partial charge on any atom is 0.273 e. The molecular formula is C27H19N3O6S. The minimum atomic E-state index is -4.50. The van der Waals surface area contributed by atoms with E-state index in [0.717, 1.165) is 24.3 Å². The number of sulfonamides is 1. The average molecular weight is 514 g/mol. The fourth-order valence-electron chi connectivity index (χ4n) is 4.10. The number of methoxy groups -OCH3 is 1. The van der Waals surface area contributed by atoms with Crippen molar-refractivity contribution in [1.29, 1.82) is 0 Å². The van der Waals surface area contributed by atoms with Crippen molar-refractivity contribution in [2.45, 2.75) is 4.90 Å². The second-order valence-corrected chi connectivity index (χ2v) is 9.83. The molecule has 5 aromatic rings. The zero-order valence-corrected chi connectivity index (χ0v) is 20.3. The Bertz CT molecular complexity index is 1710. The van der Waals surface area contributed by atoms with Crippen molar-refractivity contribution in [2.24, 2.45) is 0 Å². The lowest BCUT2D eigenvalue weighted by Crippen LogP contribution is -2.37. The molecule has 0 fully saturated rings. The van der Waals surface area contributed by atoms with Crippen LogP contribution < -0.4 is 9.04 Å². The van der Waals surface area contributed by atoms with E-state index in [-0.39, 0.29) is 21.8 Å². The van der Waals surface area contributed by atoms with Crippen LogP contribution in [0, 0.1) is 10.1 Å². The number of hydrogen-bond acceptors (Lipinski definition) is 7. The van der Waals surface area contributed by atoms with Gasteiger partial charge in [-0.15, -0.1) is 0 Å². The number of ether oxygens (including phenoxy) is 1. The van der Waals surface area contributed by atoms with Gasteiger partial charge in [-0.1, -0.05) is 36.4 Å². The number of para-hydroxylation sites is 2. The van der Waals surface area contributed by atoms with Gasteiger partial charge < -0.3 is 4.74 Å². The lowest BCUT2D eigenvalue weighted by Gasteiger charge is -2.24. The van der Waals surface area contributed by atoms with E-state index < -0.39 is 20.9 Å². The molecule has 0 aliphatic heterocycles. The predicted octanol–water partition coefficient (Wildman–Crippen LogP) is 5.34. The number of anilines is 1. The maximum absolute atomic E-state index is 14.3. The number of rotatable bonds is 6. The number of pyridine rings is 1. The first-order valence-electron chi connectivity index (χ1n) is 11.1. The fourth-order valence-corrected chi connectivity index (χ4v) is 5.50. The molecule has 4 aromatic carbocycles. The Hall–Kier alpha value is -4.83. The molecule has 0 spiro atoms. The van der Waals surface area contributed by atoms with Crippen molar-refractivity contribution in [1.82, 2.24) is 4.98 Å². The van der Waals surface area contributed by atoms with Crippen molar-refractivity contribution >= 4 is 49.1 Å². The lowest BCUT2D eigenvalue weighted by molar-refractivity contribution is -0.384. The second-order valence-electron chi connectivity index (χ2n) is 8.04. The third-order valence-corrected chi connectivity index (χ3v) is 7.60. The number of nitro groups is 1. The molecule has 1 heterocycles. The SMILES string of the molecule is COc1ccc(N(C(=O)c2c3ccccc3nc3ccccc23)S(=O)(=O)c2ccc([N+](=O)[O-])cc2)cc1. The topological polar surface area (TPSA) is 120 Å². The van der Waals surface area contributed by atoms with E-state index in [1.165, 1.54) is 19.2 Å². The molecule has 0 atom stereocenters. The normalized spacial score (nSPS) is 11.4. The Morgan fingerprint density at radius 2 is 1.38 bits per heavy atom. The Morgan fingerprint density at radius 1 is 0.838 bits per heavy atom. The predicted molar refractivity (Wildman–Crippen MR) is 139 cm³/mol. The molecule has 5 rings (SSSR count). The van der Waals surface area contributed by atoms with Crippen LogP contribution in [0.3, 0.4) is 0 Å². The lowest BCUT2D eigenvalue weighted by atomic mass is 10.0. The van der Waals surface area contributed by atoms with Crippen LogP contribution in [0.25, 0.3) is 21.8 Å². The van der Waals surface area contributed by atoms with Crippen molar-refractivity contribution in [2.75, 3.05) is 11.4 Å². The van der Waals surface area contributed by atoms with E-state index in [0.29, 0.717) is 31.9 Å². The van der Waals surface area contributed by atoms with Crippen molar-refractivity contribution in [3.63, 3.8) is 0 Å². The fraction of sp³-hybridized carbons (Fsp3) is 0.0370. The number of aromatic nitrogens is 1. The first kappa shape index (κ1) is 23.9. The first-order valence-corrected chi connectivity index (χ1v) is 12.5. The third-order valence-electron chi connectivity index (χ3n) is 5.88. The van der Waals surface area contributed by atoms with E-state index >= 15 is 0 Å². The smallest absolute Gasteiger partial charge is 0.273 e. The van der Waals surface area contributed by atoms with E-state index in [9.17, 15) is 23.3 Å². The molecule has 0 aliphatic carbocycles. The number of carbonyl (C=O) groups is 1. The van der Waals surface area contributed by atoms with Gasteiger partial charge in [-0.25, -0.2) is 13.4 Å². The van der Waals surface area contributed by atoms with E-state index in [4.69, 9.17) is 4.74 Å². The highest BCUT2D eigenvalue weighted by atomic mass is 32.2. The van der Waals surface area contributed by atoms with Gasteiger partial charge in [-0.2, -0.15) is 4.31 Å². The summed E-state index contributed by atoms with van der Waals surface area (Å²) >= 11 is 0. The van der Waals surface area contributed by atoms with Crippen molar-refractivity contribution in [3.8, 4) is 5.75 Å². The number of nitro benzene ring substituents is 1. The minimum Gasteiger partial charge on any atom is -0.497 e. The Kier molecular flexibility index (Phi) is 6.02. The number of amides is 1. The van der Waals surface area contributed by atoms with Crippen LogP contribution in [0.1, 0.15) is 10.4 Å². The Morgan fingerprint density at radius 3 is 1.89 bits per heavy atom. The van der Waals surface area contributed by atoms with Gasteiger partial charge in [-0.3, -0.25) is 14.9 Å². The summed E-state index contributed by atoms with van der Waals surface area (Å²) in [7, 11) is -3.03. The Labute approximate surface area is 211 Å². The second kappa shape index (κ2) is 9.32. The largest absolute Gasteiger partial charge is 0.497 e. The summed E-state index contributed by atoms with van der Waals surface area (Å²) in [5.41, 5.74) is 1.04. The van der Waals surface area contributed by atoms with E-state index in [2.05, 4.69) is 4.98 Å². The van der Waals surface area contributed by atoms with Gasteiger partial charge >= 0.3 is 0 Å². The molecular weight excluding hydrogens is 494 g/mol. The molecule has 0 bridgehead atoms. The highest BCUT2D eigenvalue weighted by Gasteiger charge is 2.34. The van der Waals surface area contributed by atoms with E-state index in [1.54, 1.807) is 60.7 Å². The van der Waals surface area contributed by atoms with Crippen LogP contribution in [0.4, 0.5) is 11.4 Å². The van der Waals surface area contributed by atoms with Gasteiger partial charge in [-0.05, 0) is 48.5 Å². The van der Waals surface area contributed by atoms with Gasteiger partial charge in [0.2, 0.25) is 0 Å². The highest BCUT2D eigenvalue weighted by molar-refractivity contribution is 7.93. The van der Waals surface area contributed by atoms with E-state index in [1.807, 2.05) is 0 Å². The van der Waals surface area contributed by atoms with Crippen LogP contribution in [0.5, 0.6) is 5.75 Å². The van der Waals surface area contributed by atoms with Gasteiger partial charge in [0.25, 0.3) is 21.6 Å². The molecule has 0 radical (unpaired) electrons. The molecule has 1 amide bonds. The number of carbonyl (C=O) groups excluding carboxylic acids is 1. The molecule has 0 N–H and O–H groups in total. The van der Waals surface area contributed by atoms with Crippen LogP contribution in [-0.2, 0) is 10.0 Å². The van der Waals surface area contributed by atoms with Gasteiger partial charge in [0.15, 0.2) is 0 Å². The molecule has 37 heavy (non-hydrogen) atoms. The number of nitrogens with zero attached hydrogens (tertiary/aromatic N) is 3. The average Bonchev–Trinajstić information content (AvgIpc) is 2.92. The quantitative estimate of drug-likeness (QED) is 0.171. The molecule has 9 nitrogen and oxygen atoms in total. The van der Waals surface area contributed by atoms with Gasteiger partial charge in [0.1, 0.15) is 5.75 Å². The van der Waals surface area contributed by atoms with Gasteiger partial charge in [0.05, 0.1) is 39.2 Å².